The Labute approximate surface area is 145 Å². The number of aromatic nitrogens is 1. The number of para-hydroxylation sites is 1. The molecular formula is C19H29N3O2. The van der Waals surface area contributed by atoms with E-state index in [9.17, 15) is 0 Å². The minimum atomic E-state index is 0.540. The van der Waals surface area contributed by atoms with Gasteiger partial charge in [-0.05, 0) is 18.6 Å². The SMILES string of the molecule is CC.c1ccc(N2CCN(CCCOCc3ccon3)CC2)cc1. The smallest absolute Gasteiger partial charge is 0.124 e. The maximum Gasteiger partial charge on any atom is 0.124 e. The van der Waals surface area contributed by atoms with Gasteiger partial charge in [0, 0.05) is 51.1 Å². The molecule has 0 spiro atoms. The predicted octanol–water partition coefficient (Wildman–Crippen LogP) is 3.43. The van der Waals surface area contributed by atoms with E-state index in [1.54, 1.807) is 6.26 Å². The minimum absolute atomic E-state index is 0.540. The monoisotopic (exact) mass is 331 g/mol. The van der Waals surface area contributed by atoms with Crippen LogP contribution in [0.5, 0.6) is 0 Å². The van der Waals surface area contributed by atoms with Crippen LogP contribution in [0.2, 0.25) is 0 Å². The molecule has 0 saturated carbocycles. The van der Waals surface area contributed by atoms with E-state index < -0.39 is 0 Å². The number of hydrogen-bond donors (Lipinski definition) is 0. The van der Waals surface area contributed by atoms with Gasteiger partial charge in [0.2, 0.25) is 0 Å². The molecule has 0 aliphatic carbocycles. The van der Waals surface area contributed by atoms with E-state index in [1.165, 1.54) is 5.69 Å². The summed E-state index contributed by atoms with van der Waals surface area (Å²) in [6.45, 7) is 10.9. The molecule has 1 saturated heterocycles. The first-order valence-electron chi connectivity index (χ1n) is 8.91. The number of benzene rings is 1. The summed E-state index contributed by atoms with van der Waals surface area (Å²) in [4.78, 5) is 4.97. The Balaban J connectivity index is 0.00000100. The highest BCUT2D eigenvalue weighted by Gasteiger charge is 2.16. The number of ether oxygens (including phenoxy) is 1. The molecule has 0 N–H and O–H groups in total. The number of anilines is 1. The zero-order valence-electron chi connectivity index (χ0n) is 14.9. The Hall–Kier alpha value is -1.85. The second-order valence-electron chi connectivity index (χ2n) is 5.56. The molecule has 132 valence electrons. The number of rotatable bonds is 7. The topological polar surface area (TPSA) is 41.7 Å². The Kier molecular flexibility index (Phi) is 8.35. The third-order valence-corrected chi connectivity index (χ3v) is 4.00. The van der Waals surface area contributed by atoms with Crippen molar-refractivity contribution in [1.29, 1.82) is 0 Å². The van der Waals surface area contributed by atoms with Crippen LogP contribution < -0.4 is 4.90 Å². The van der Waals surface area contributed by atoms with E-state index in [0.717, 1.165) is 51.4 Å². The van der Waals surface area contributed by atoms with Gasteiger partial charge in [-0.1, -0.05) is 37.2 Å². The van der Waals surface area contributed by atoms with Crippen LogP contribution in [-0.2, 0) is 11.3 Å². The van der Waals surface area contributed by atoms with E-state index in [0.29, 0.717) is 6.61 Å². The molecule has 0 atom stereocenters. The van der Waals surface area contributed by atoms with E-state index in [2.05, 4.69) is 45.3 Å². The number of hydrogen-bond acceptors (Lipinski definition) is 5. The fraction of sp³-hybridized carbons (Fsp3) is 0.526. The van der Waals surface area contributed by atoms with Gasteiger partial charge in [-0.25, -0.2) is 0 Å². The van der Waals surface area contributed by atoms with Crippen LogP contribution in [0.4, 0.5) is 5.69 Å². The van der Waals surface area contributed by atoms with Gasteiger partial charge >= 0.3 is 0 Å². The van der Waals surface area contributed by atoms with E-state index >= 15 is 0 Å². The maximum atomic E-state index is 5.60. The standard InChI is InChI=1S/C17H23N3O2.C2H6/c1-2-5-17(6-3-1)20-11-9-19(10-12-20)8-4-13-21-15-16-7-14-22-18-16;1-2/h1-3,5-7,14H,4,8-13,15H2;1-2H3. The lowest BCUT2D eigenvalue weighted by molar-refractivity contribution is 0.103. The number of nitrogens with zero attached hydrogens (tertiary/aromatic N) is 3. The van der Waals surface area contributed by atoms with Crippen molar-refractivity contribution < 1.29 is 9.26 Å². The van der Waals surface area contributed by atoms with Crippen molar-refractivity contribution in [2.24, 2.45) is 0 Å². The molecule has 3 rings (SSSR count). The Morgan fingerprint density at radius 3 is 2.46 bits per heavy atom. The summed E-state index contributed by atoms with van der Waals surface area (Å²) in [5.74, 6) is 0. The van der Waals surface area contributed by atoms with Crippen molar-refractivity contribution in [3.8, 4) is 0 Å². The third kappa shape index (κ3) is 5.98. The van der Waals surface area contributed by atoms with Crippen LogP contribution in [0, 0.1) is 0 Å². The maximum absolute atomic E-state index is 5.60. The predicted molar refractivity (Wildman–Crippen MR) is 97.2 cm³/mol. The number of piperazine rings is 1. The minimum Gasteiger partial charge on any atom is -0.375 e. The first-order valence-corrected chi connectivity index (χ1v) is 8.91. The average molecular weight is 331 g/mol. The molecule has 5 nitrogen and oxygen atoms in total. The summed E-state index contributed by atoms with van der Waals surface area (Å²) in [5.41, 5.74) is 2.19. The molecule has 0 bridgehead atoms. The van der Waals surface area contributed by atoms with Crippen molar-refractivity contribution >= 4 is 5.69 Å². The van der Waals surface area contributed by atoms with Crippen molar-refractivity contribution in [1.82, 2.24) is 10.1 Å². The van der Waals surface area contributed by atoms with Crippen molar-refractivity contribution in [3.63, 3.8) is 0 Å². The lowest BCUT2D eigenvalue weighted by atomic mass is 10.2. The summed E-state index contributed by atoms with van der Waals surface area (Å²) < 4.78 is 10.4. The molecule has 1 aliphatic heterocycles. The molecule has 1 aromatic heterocycles. The molecule has 1 aliphatic rings. The van der Waals surface area contributed by atoms with E-state index in [-0.39, 0.29) is 0 Å². The van der Waals surface area contributed by atoms with E-state index in [4.69, 9.17) is 9.26 Å². The molecule has 0 amide bonds. The van der Waals surface area contributed by atoms with Crippen LogP contribution >= 0.6 is 0 Å². The zero-order chi connectivity index (χ0) is 17.0. The highest BCUT2D eigenvalue weighted by atomic mass is 16.5. The van der Waals surface area contributed by atoms with Gasteiger partial charge in [0.15, 0.2) is 0 Å². The largest absolute Gasteiger partial charge is 0.375 e. The van der Waals surface area contributed by atoms with Crippen LogP contribution in [0.15, 0.2) is 47.2 Å². The van der Waals surface area contributed by atoms with Crippen molar-refractivity contribution in [3.05, 3.63) is 48.4 Å². The molecule has 0 radical (unpaired) electrons. The Bertz CT molecular complexity index is 523. The molecule has 5 heteroatoms. The molecule has 24 heavy (non-hydrogen) atoms. The van der Waals surface area contributed by atoms with Crippen LogP contribution in [0.25, 0.3) is 0 Å². The fourth-order valence-electron chi connectivity index (χ4n) is 2.75. The molecule has 1 fully saturated rings. The summed E-state index contributed by atoms with van der Waals surface area (Å²) in [6.07, 6.45) is 2.63. The van der Waals surface area contributed by atoms with Gasteiger partial charge in [0.1, 0.15) is 12.0 Å². The molecule has 0 unspecified atom stereocenters. The molecule has 1 aromatic carbocycles. The normalized spacial score (nSPS) is 15.0. The highest BCUT2D eigenvalue weighted by molar-refractivity contribution is 5.46. The van der Waals surface area contributed by atoms with Crippen LogP contribution in [0.1, 0.15) is 26.0 Å². The van der Waals surface area contributed by atoms with Crippen LogP contribution in [-0.4, -0.2) is 49.4 Å². The molecule has 2 aromatic rings. The summed E-state index contributed by atoms with van der Waals surface area (Å²) >= 11 is 0. The summed E-state index contributed by atoms with van der Waals surface area (Å²) in [6, 6.07) is 12.5. The lowest BCUT2D eigenvalue weighted by Crippen LogP contribution is -2.46. The second-order valence-corrected chi connectivity index (χ2v) is 5.56. The second kappa shape index (κ2) is 10.8. The summed E-state index contributed by atoms with van der Waals surface area (Å²) in [5, 5.41) is 3.82. The average Bonchev–Trinajstić information content (AvgIpc) is 3.18. The lowest BCUT2D eigenvalue weighted by Gasteiger charge is -2.36. The Morgan fingerprint density at radius 1 is 1.04 bits per heavy atom. The van der Waals surface area contributed by atoms with Crippen molar-refractivity contribution in [2.45, 2.75) is 26.9 Å². The van der Waals surface area contributed by atoms with Gasteiger partial charge in [0.05, 0.1) is 6.61 Å². The van der Waals surface area contributed by atoms with Crippen LogP contribution in [0.3, 0.4) is 0 Å². The van der Waals surface area contributed by atoms with Gasteiger partial charge in [-0.2, -0.15) is 0 Å². The first kappa shape index (κ1) is 18.5. The van der Waals surface area contributed by atoms with E-state index in [1.807, 2.05) is 19.9 Å². The Morgan fingerprint density at radius 2 is 1.79 bits per heavy atom. The third-order valence-electron chi connectivity index (χ3n) is 4.00. The molecule has 2 heterocycles. The van der Waals surface area contributed by atoms with Gasteiger partial charge in [0.25, 0.3) is 0 Å². The first-order chi connectivity index (χ1) is 11.9. The quantitative estimate of drug-likeness (QED) is 0.727. The van der Waals surface area contributed by atoms with Crippen molar-refractivity contribution in [2.75, 3.05) is 44.2 Å². The van der Waals surface area contributed by atoms with Gasteiger partial charge in [-0.15, -0.1) is 0 Å². The summed E-state index contributed by atoms with van der Waals surface area (Å²) in [7, 11) is 0. The van der Waals surface area contributed by atoms with Gasteiger partial charge in [-0.3, -0.25) is 4.90 Å². The highest BCUT2D eigenvalue weighted by Crippen LogP contribution is 2.15. The fourth-order valence-corrected chi connectivity index (χ4v) is 2.75. The zero-order valence-corrected chi connectivity index (χ0v) is 14.9. The van der Waals surface area contributed by atoms with Gasteiger partial charge < -0.3 is 14.2 Å². The molecular weight excluding hydrogens is 302 g/mol.